The Balaban J connectivity index is 2.00. The van der Waals surface area contributed by atoms with Crippen LogP contribution >= 0.6 is 0 Å². The number of hydrogen-bond acceptors (Lipinski definition) is 5. The van der Waals surface area contributed by atoms with Gasteiger partial charge in [0.25, 0.3) is 0 Å². The molecule has 0 spiro atoms. The number of aromatic nitrogens is 1. The molecule has 2 aromatic carbocycles. The van der Waals surface area contributed by atoms with E-state index in [2.05, 4.69) is 15.6 Å². The van der Waals surface area contributed by atoms with E-state index in [1.165, 1.54) is 6.92 Å². The minimum Gasteiger partial charge on any atom is -0.457 e. The third kappa shape index (κ3) is 4.30. The lowest BCUT2D eigenvalue weighted by Gasteiger charge is -2.15. The minimum absolute atomic E-state index is 0.195. The van der Waals surface area contributed by atoms with Crippen LogP contribution in [-0.4, -0.2) is 23.7 Å². The van der Waals surface area contributed by atoms with Crippen molar-refractivity contribution in [1.82, 2.24) is 4.98 Å². The topological polar surface area (TPSA) is 87.1 Å². The van der Waals surface area contributed by atoms with Gasteiger partial charge in [-0.05, 0) is 30.3 Å². The van der Waals surface area contributed by atoms with Gasteiger partial charge in [0, 0.05) is 25.1 Å². The number of carbonyl (C=O) groups is 1. The highest BCUT2D eigenvalue weighted by atomic mass is 16.5. The Kier molecular flexibility index (Phi) is 5.47. The number of amides is 1. The van der Waals surface area contributed by atoms with Crippen LogP contribution in [0.3, 0.4) is 0 Å². The van der Waals surface area contributed by atoms with Crippen molar-refractivity contribution >= 4 is 23.1 Å². The van der Waals surface area contributed by atoms with Gasteiger partial charge in [0.15, 0.2) is 0 Å². The highest BCUT2D eigenvalue weighted by molar-refractivity contribution is 6.15. The van der Waals surface area contributed by atoms with Gasteiger partial charge < -0.3 is 15.4 Å². The number of nitrogens with one attached hydrogen (secondary N) is 3. The lowest BCUT2D eigenvalue weighted by molar-refractivity contribution is -0.114. The first-order valence-corrected chi connectivity index (χ1v) is 8.45. The fourth-order valence-corrected chi connectivity index (χ4v) is 2.65. The SMILES string of the molecule is CNc1ncc(NC(C)=O)cc1C(=N)c1ccccc1Oc1ccccc1. The number of para-hydroxylation sites is 2. The van der Waals surface area contributed by atoms with Gasteiger partial charge >= 0.3 is 0 Å². The van der Waals surface area contributed by atoms with E-state index < -0.39 is 0 Å². The third-order valence-corrected chi connectivity index (χ3v) is 3.84. The van der Waals surface area contributed by atoms with Crippen molar-refractivity contribution in [1.29, 1.82) is 5.41 Å². The molecule has 0 atom stereocenters. The van der Waals surface area contributed by atoms with Crippen LogP contribution in [0.1, 0.15) is 18.1 Å². The summed E-state index contributed by atoms with van der Waals surface area (Å²) in [7, 11) is 1.74. The Labute approximate surface area is 157 Å². The third-order valence-electron chi connectivity index (χ3n) is 3.84. The predicted octanol–water partition coefficient (Wildman–Crippen LogP) is 4.29. The molecule has 27 heavy (non-hydrogen) atoms. The van der Waals surface area contributed by atoms with E-state index in [0.717, 1.165) is 0 Å². The molecular weight excluding hydrogens is 340 g/mol. The van der Waals surface area contributed by atoms with Gasteiger partial charge in [-0.1, -0.05) is 30.3 Å². The smallest absolute Gasteiger partial charge is 0.221 e. The number of hydrogen-bond donors (Lipinski definition) is 3. The van der Waals surface area contributed by atoms with E-state index >= 15 is 0 Å². The highest BCUT2D eigenvalue weighted by Crippen LogP contribution is 2.29. The van der Waals surface area contributed by atoms with Crippen molar-refractivity contribution in [3.63, 3.8) is 0 Å². The molecule has 0 radical (unpaired) electrons. The summed E-state index contributed by atoms with van der Waals surface area (Å²) in [6.07, 6.45) is 1.55. The molecule has 6 nitrogen and oxygen atoms in total. The van der Waals surface area contributed by atoms with Gasteiger partial charge in [-0.3, -0.25) is 10.2 Å². The number of benzene rings is 2. The summed E-state index contributed by atoms with van der Waals surface area (Å²) in [6.45, 7) is 1.43. The number of anilines is 2. The summed E-state index contributed by atoms with van der Waals surface area (Å²) in [6, 6.07) is 18.5. The van der Waals surface area contributed by atoms with Crippen molar-refractivity contribution in [2.45, 2.75) is 6.92 Å². The van der Waals surface area contributed by atoms with Crippen molar-refractivity contribution in [2.75, 3.05) is 17.7 Å². The maximum Gasteiger partial charge on any atom is 0.221 e. The van der Waals surface area contributed by atoms with Crippen LogP contribution in [0.15, 0.2) is 66.9 Å². The molecule has 6 heteroatoms. The Morgan fingerprint density at radius 1 is 1.04 bits per heavy atom. The second-order valence-corrected chi connectivity index (χ2v) is 5.84. The molecule has 3 rings (SSSR count). The fraction of sp³-hybridized carbons (Fsp3) is 0.0952. The summed E-state index contributed by atoms with van der Waals surface area (Å²) < 4.78 is 5.97. The van der Waals surface area contributed by atoms with E-state index in [1.807, 2.05) is 54.6 Å². The maximum atomic E-state index is 11.3. The number of ether oxygens (including phenoxy) is 1. The van der Waals surface area contributed by atoms with Crippen LogP contribution in [0.25, 0.3) is 0 Å². The number of rotatable bonds is 6. The highest BCUT2D eigenvalue weighted by Gasteiger charge is 2.16. The average Bonchev–Trinajstić information content (AvgIpc) is 2.68. The van der Waals surface area contributed by atoms with Gasteiger partial charge in [-0.25, -0.2) is 4.98 Å². The van der Waals surface area contributed by atoms with Gasteiger partial charge in [0.1, 0.15) is 17.3 Å². The molecule has 3 aromatic rings. The zero-order valence-electron chi connectivity index (χ0n) is 15.1. The summed E-state index contributed by atoms with van der Waals surface area (Å²) in [5.74, 6) is 1.61. The second-order valence-electron chi connectivity index (χ2n) is 5.84. The second kappa shape index (κ2) is 8.14. The molecule has 1 aromatic heterocycles. The zero-order chi connectivity index (χ0) is 19.2. The molecule has 1 amide bonds. The van der Waals surface area contributed by atoms with Gasteiger partial charge in [-0.15, -0.1) is 0 Å². The number of carbonyl (C=O) groups excluding carboxylic acids is 1. The van der Waals surface area contributed by atoms with Gasteiger partial charge in [0.05, 0.1) is 17.6 Å². The van der Waals surface area contributed by atoms with E-state index in [0.29, 0.717) is 34.1 Å². The minimum atomic E-state index is -0.195. The van der Waals surface area contributed by atoms with Gasteiger partial charge in [0.2, 0.25) is 5.91 Å². The van der Waals surface area contributed by atoms with Crippen molar-refractivity contribution in [2.24, 2.45) is 0 Å². The van der Waals surface area contributed by atoms with Crippen LogP contribution in [-0.2, 0) is 4.79 Å². The van der Waals surface area contributed by atoms with Crippen LogP contribution < -0.4 is 15.4 Å². The molecule has 1 heterocycles. The molecule has 136 valence electrons. The first-order valence-electron chi connectivity index (χ1n) is 8.45. The number of pyridine rings is 1. The van der Waals surface area contributed by atoms with E-state index in [9.17, 15) is 4.79 Å². The molecule has 0 saturated carbocycles. The molecule has 0 bridgehead atoms. The largest absolute Gasteiger partial charge is 0.457 e. The van der Waals surface area contributed by atoms with E-state index in [1.54, 1.807) is 19.3 Å². The van der Waals surface area contributed by atoms with Crippen molar-refractivity contribution in [3.05, 3.63) is 78.0 Å². The molecule has 0 aliphatic heterocycles. The Bertz CT molecular complexity index is 971. The molecule has 0 unspecified atom stereocenters. The van der Waals surface area contributed by atoms with Crippen molar-refractivity contribution in [3.8, 4) is 11.5 Å². The summed E-state index contributed by atoms with van der Waals surface area (Å²) in [5, 5.41) is 14.4. The molecule has 0 saturated heterocycles. The average molecular weight is 360 g/mol. The number of nitrogens with zero attached hydrogens (tertiary/aromatic N) is 1. The van der Waals surface area contributed by atoms with Gasteiger partial charge in [-0.2, -0.15) is 0 Å². The Morgan fingerprint density at radius 3 is 2.44 bits per heavy atom. The lowest BCUT2D eigenvalue weighted by atomic mass is 10.0. The molecule has 0 aliphatic carbocycles. The zero-order valence-corrected chi connectivity index (χ0v) is 15.1. The normalized spacial score (nSPS) is 10.1. The Hall–Kier alpha value is -3.67. The van der Waals surface area contributed by atoms with Crippen molar-refractivity contribution < 1.29 is 9.53 Å². The van der Waals surface area contributed by atoms with Crippen LogP contribution in [0.2, 0.25) is 0 Å². The molecule has 0 aliphatic rings. The quantitative estimate of drug-likeness (QED) is 0.572. The van der Waals surface area contributed by atoms with E-state index in [4.69, 9.17) is 10.1 Å². The molecule has 3 N–H and O–H groups in total. The summed E-state index contributed by atoms with van der Waals surface area (Å²) in [4.78, 5) is 15.7. The van der Waals surface area contributed by atoms with Crippen LogP contribution in [0.5, 0.6) is 11.5 Å². The van der Waals surface area contributed by atoms with Crippen LogP contribution in [0.4, 0.5) is 11.5 Å². The molecular formula is C21H20N4O2. The fourth-order valence-electron chi connectivity index (χ4n) is 2.65. The summed E-state index contributed by atoms with van der Waals surface area (Å²) >= 11 is 0. The van der Waals surface area contributed by atoms with Crippen LogP contribution in [0, 0.1) is 5.41 Å². The lowest BCUT2D eigenvalue weighted by Crippen LogP contribution is -2.11. The first kappa shape index (κ1) is 18.1. The van der Waals surface area contributed by atoms with E-state index in [-0.39, 0.29) is 11.6 Å². The standard InChI is InChI=1S/C21H20N4O2/c1-14(26)25-15-12-18(21(23-2)24-13-15)20(22)17-10-6-7-11-19(17)27-16-8-4-3-5-9-16/h3-13,22H,1-2H3,(H,23,24)(H,25,26). The Morgan fingerprint density at radius 2 is 1.74 bits per heavy atom. The first-order chi connectivity index (χ1) is 13.1. The summed E-state index contributed by atoms with van der Waals surface area (Å²) in [5.41, 5.74) is 1.96. The monoisotopic (exact) mass is 360 g/mol. The predicted molar refractivity (Wildman–Crippen MR) is 107 cm³/mol. The molecule has 0 fully saturated rings. The maximum absolute atomic E-state index is 11.3.